The van der Waals surface area contributed by atoms with Gasteiger partial charge in [-0.05, 0) is 11.6 Å². The van der Waals surface area contributed by atoms with E-state index in [0.29, 0.717) is 6.07 Å². The molecule has 0 fully saturated rings. The molecule has 0 N–H and O–H groups in total. The zero-order valence-corrected chi connectivity index (χ0v) is 26.9. The van der Waals surface area contributed by atoms with Gasteiger partial charge >= 0.3 is 7.12 Å². The summed E-state index contributed by atoms with van der Waals surface area (Å²) in [5.74, 6) is -62.5. The molecule has 300 valence electrons. The molecular weight excluding hydrogens is 843 g/mol. The van der Waals surface area contributed by atoms with Gasteiger partial charge < -0.3 is 9.31 Å². The highest BCUT2D eigenvalue weighted by Crippen LogP contribution is 2.47. The second-order valence-electron chi connectivity index (χ2n) is 11.9. The molecule has 0 saturated heterocycles. The van der Waals surface area contributed by atoms with Crippen LogP contribution in [-0.2, 0) is 6.42 Å². The van der Waals surface area contributed by atoms with E-state index in [2.05, 4.69) is 0 Å². The summed E-state index contributed by atoms with van der Waals surface area (Å²) in [6, 6.07) is 2.59. The van der Waals surface area contributed by atoms with Crippen LogP contribution in [0.4, 0.5) is 87.8 Å². The Labute approximate surface area is 306 Å². The minimum Gasteiger partial charge on any atom is -0.519 e. The first kappa shape index (κ1) is 40.1. The van der Waals surface area contributed by atoms with Crippen LogP contribution in [0.25, 0.3) is 33.0 Å². The molecule has 1 aliphatic rings. The largest absolute Gasteiger partial charge is 0.636 e. The van der Waals surface area contributed by atoms with Gasteiger partial charge in [0.15, 0.2) is 98.8 Å². The Morgan fingerprint density at radius 3 is 1.31 bits per heavy atom. The van der Waals surface area contributed by atoms with Crippen molar-refractivity contribution in [3.05, 3.63) is 146 Å². The Hall–Kier alpha value is -6.16. The third-order valence-electron chi connectivity index (χ3n) is 8.84. The van der Waals surface area contributed by atoms with E-state index >= 15 is 43.9 Å². The van der Waals surface area contributed by atoms with Gasteiger partial charge in [0.05, 0.1) is 21.8 Å². The summed E-state index contributed by atoms with van der Waals surface area (Å²) in [6.07, 6.45) is -0.996. The summed E-state index contributed by atoms with van der Waals surface area (Å²) in [4.78, 5) is 0. The van der Waals surface area contributed by atoms with Gasteiger partial charge in [-0.1, -0.05) is 12.1 Å². The molecule has 2 nitrogen and oxygen atoms in total. The first-order chi connectivity index (χ1) is 27.1. The van der Waals surface area contributed by atoms with Crippen molar-refractivity contribution < 1.29 is 97.1 Å². The van der Waals surface area contributed by atoms with Gasteiger partial charge in [0.1, 0.15) is 11.6 Å². The van der Waals surface area contributed by atoms with E-state index < -0.39 is 185 Å². The van der Waals surface area contributed by atoms with E-state index in [4.69, 9.17) is 9.31 Å². The number of halogens is 20. The van der Waals surface area contributed by atoms with Crippen LogP contribution >= 0.6 is 0 Å². The Balaban J connectivity index is 1.64. The third-order valence-corrected chi connectivity index (χ3v) is 8.84. The predicted octanol–water partition coefficient (Wildman–Crippen LogP) is 10.7. The van der Waals surface area contributed by atoms with Crippen LogP contribution < -0.4 is 14.8 Å². The van der Waals surface area contributed by atoms with Crippen LogP contribution in [0, 0.1) is 116 Å². The van der Waals surface area contributed by atoms with Crippen LogP contribution in [0.5, 0.6) is 11.5 Å². The molecule has 0 aliphatic heterocycles. The van der Waals surface area contributed by atoms with Crippen molar-refractivity contribution in [2.24, 2.45) is 0 Å². The van der Waals surface area contributed by atoms with E-state index in [1.807, 2.05) is 0 Å². The quantitative estimate of drug-likeness (QED) is 0.0718. The highest BCUT2D eigenvalue weighted by Gasteiger charge is 2.46. The van der Waals surface area contributed by atoms with E-state index in [1.54, 1.807) is 0 Å². The zero-order chi connectivity index (χ0) is 42.7. The number of hydrogen-bond donors (Lipinski definition) is 0. The maximum Gasteiger partial charge on any atom is 0.636 e. The van der Waals surface area contributed by atoms with Crippen molar-refractivity contribution in [1.29, 1.82) is 0 Å². The molecule has 0 aromatic heterocycles. The topological polar surface area (TPSA) is 18.5 Å². The third kappa shape index (κ3) is 5.44. The van der Waals surface area contributed by atoms with E-state index in [-0.39, 0.29) is 5.56 Å². The average Bonchev–Trinajstić information content (AvgIpc) is 3.60. The van der Waals surface area contributed by atoms with Gasteiger partial charge in [-0.3, -0.25) is 0 Å². The summed E-state index contributed by atoms with van der Waals surface area (Å²) in [7, 11) is -4.09. The van der Waals surface area contributed by atoms with E-state index in [9.17, 15) is 43.9 Å². The van der Waals surface area contributed by atoms with Crippen molar-refractivity contribution in [1.82, 2.24) is 0 Å². The minimum atomic E-state index is -4.09. The van der Waals surface area contributed by atoms with Crippen molar-refractivity contribution in [3.8, 4) is 33.8 Å². The molecule has 0 unspecified atom stereocenters. The van der Waals surface area contributed by atoms with Gasteiger partial charge in [-0.25, -0.2) is 79.0 Å². The Morgan fingerprint density at radius 1 is 0.345 bits per heavy atom. The highest BCUT2D eigenvalue weighted by molar-refractivity contribution is 6.64. The molecule has 0 bridgehead atoms. The van der Waals surface area contributed by atoms with Crippen molar-refractivity contribution in [2.45, 2.75) is 6.42 Å². The number of hydrogen-bond acceptors (Lipinski definition) is 2. The van der Waals surface area contributed by atoms with Crippen LogP contribution in [0.2, 0.25) is 0 Å². The summed E-state index contributed by atoms with van der Waals surface area (Å²) < 4.78 is 309. The fraction of sp³-hybridized carbons (Fsp3) is 0.0286. The molecular formula is C35H5BF20O2. The maximum atomic E-state index is 16.0. The molecule has 7 rings (SSSR count). The monoisotopic (exact) mass is 848 g/mol. The Morgan fingerprint density at radius 2 is 0.741 bits per heavy atom. The molecule has 0 amide bonds. The van der Waals surface area contributed by atoms with Gasteiger partial charge in [0, 0.05) is 28.7 Å². The number of rotatable bonds is 6. The second kappa shape index (κ2) is 13.8. The zero-order valence-electron chi connectivity index (χ0n) is 26.9. The fourth-order valence-corrected chi connectivity index (χ4v) is 6.29. The molecule has 6 aromatic carbocycles. The van der Waals surface area contributed by atoms with E-state index in [1.165, 1.54) is 0 Å². The van der Waals surface area contributed by atoms with Crippen LogP contribution in [0.3, 0.4) is 0 Å². The summed E-state index contributed by atoms with van der Waals surface area (Å²) in [6.45, 7) is 0. The lowest BCUT2D eigenvalue weighted by Gasteiger charge is -2.24. The van der Waals surface area contributed by atoms with Crippen molar-refractivity contribution in [3.63, 3.8) is 0 Å². The Kier molecular flexibility index (Phi) is 9.50. The molecule has 0 heterocycles. The smallest absolute Gasteiger partial charge is 0.519 e. The fourth-order valence-electron chi connectivity index (χ4n) is 6.29. The maximum absolute atomic E-state index is 16.0. The molecule has 0 atom stereocenters. The average molecular weight is 848 g/mol. The molecule has 1 aliphatic carbocycles. The lowest BCUT2D eigenvalue weighted by molar-refractivity contribution is 0.366. The van der Waals surface area contributed by atoms with E-state index in [0.717, 1.165) is 12.1 Å². The minimum absolute atomic E-state index is 0.360. The van der Waals surface area contributed by atoms with Crippen LogP contribution in [0.15, 0.2) is 18.2 Å². The summed E-state index contributed by atoms with van der Waals surface area (Å²) in [5, 5.41) is -4.85. The van der Waals surface area contributed by atoms with Gasteiger partial charge in [-0.2, -0.15) is 8.78 Å². The molecule has 23 heteroatoms. The molecule has 58 heavy (non-hydrogen) atoms. The standard InChI is InChI=1S/C35H5BF20O2/c37-7-3-1-2-5-4-6-9(8(5)7)15(38)28(51)32(55)34(6)57-36(58-35-13-12(20(43)29(52)33(35)56)19(42)24(47)27(50)21(13)44)14-10(16(39)23(46)30(53)22(14)45)11-17(40)25(48)31(54)26(49)18(11)41/h1-3H,4H2. The van der Waals surface area contributed by atoms with Gasteiger partial charge in [-0.15, -0.1) is 0 Å². The van der Waals surface area contributed by atoms with Gasteiger partial charge in [0.2, 0.25) is 17.5 Å². The molecule has 6 aromatic rings. The SMILES string of the molecule is Fc1cccc2c1-c1c(F)c(F)c(F)c(OB(Oc3c(F)c(F)c(F)c4c(F)c(F)c(F)c(F)c34)c3c(F)c(F)c(F)c(F)c3-c3c(F)c(F)c(F)c(F)c3F)c1C2. The normalized spacial score (nSPS) is 12.1. The number of fused-ring (bicyclic) bond motifs is 4. The molecule has 0 saturated carbocycles. The molecule has 0 spiro atoms. The van der Waals surface area contributed by atoms with Crippen LogP contribution in [-0.4, -0.2) is 7.12 Å². The number of benzene rings is 6. The van der Waals surface area contributed by atoms with Crippen LogP contribution in [0.1, 0.15) is 11.1 Å². The van der Waals surface area contributed by atoms with Crippen molar-refractivity contribution >= 4 is 23.4 Å². The highest BCUT2D eigenvalue weighted by atomic mass is 19.2. The second-order valence-corrected chi connectivity index (χ2v) is 11.9. The first-order valence-electron chi connectivity index (χ1n) is 15.1. The predicted molar refractivity (Wildman–Crippen MR) is 156 cm³/mol. The summed E-state index contributed by atoms with van der Waals surface area (Å²) >= 11 is 0. The summed E-state index contributed by atoms with van der Waals surface area (Å²) in [5.41, 5.74) is -11.9. The Bertz CT molecular complexity index is 2810. The lowest BCUT2D eigenvalue weighted by Crippen LogP contribution is -2.47. The lowest BCUT2D eigenvalue weighted by atomic mass is 9.72. The first-order valence-corrected chi connectivity index (χ1v) is 15.1. The van der Waals surface area contributed by atoms with Crippen molar-refractivity contribution in [2.75, 3.05) is 0 Å². The molecule has 0 radical (unpaired) electrons. The van der Waals surface area contributed by atoms with Gasteiger partial charge in [0.25, 0.3) is 0 Å².